The molecule has 0 radical (unpaired) electrons. The molecule has 13 heteroatoms. The van der Waals surface area contributed by atoms with Gasteiger partial charge in [0.05, 0.1) is 6.10 Å². The molecular weight excluding hydrogens is 578 g/mol. The van der Waals surface area contributed by atoms with Gasteiger partial charge in [-0.25, -0.2) is 0 Å². The number of amides is 2. The summed E-state index contributed by atoms with van der Waals surface area (Å²) in [6.07, 6.45) is 20.7. The van der Waals surface area contributed by atoms with Crippen LogP contribution in [0.15, 0.2) is 60.8 Å². The molecule has 0 rings (SSSR count). The fourth-order valence-electron chi connectivity index (χ4n) is 3.35. The highest BCUT2D eigenvalue weighted by molar-refractivity contribution is 8.00. The number of hydrogen-bond acceptors (Lipinski definition) is 8. The Labute approximate surface area is 256 Å². The molecule has 0 aliphatic heterocycles. The number of aliphatic hydroxyl groups is 1. The van der Waals surface area contributed by atoms with E-state index in [9.17, 15) is 29.1 Å². The Morgan fingerprint density at radius 2 is 1.49 bits per heavy atom. The van der Waals surface area contributed by atoms with Crippen LogP contribution in [0.25, 0.3) is 0 Å². The number of carbonyl (C=O) groups excluding carboxylic acids is 2. The van der Waals surface area contributed by atoms with Crippen LogP contribution in [0.5, 0.6) is 0 Å². The van der Waals surface area contributed by atoms with E-state index in [4.69, 9.17) is 21.1 Å². The predicted molar refractivity (Wildman–Crippen MR) is 166 cm³/mol. The first kappa shape index (κ1) is 39.3. The molecule has 0 aliphatic carbocycles. The first-order valence-electron chi connectivity index (χ1n) is 14.1. The molecule has 0 aromatic rings. The molecule has 240 valence electrons. The Balaban J connectivity index is 5.41. The Morgan fingerprint density at radius 3 is 2.12 bits per heavy atom. The molecule has 4 atom stereocenters. The second-order valence-electron chi connectivity index (χ2n) is 9.39. The summed E-state index contributed by atoms with van der Waals surface area (Å²) in [5.41, 5.74) is 5.43. The van der Waals surface area contributed by atoms with Crippen LogP contribution in [-0.4, -0.2) is 85.9 Å². The summed E-state index contributed by atoms with van der Waals surface area (Å²) in [5, 5.41) is 41.6. The van der Waals surface area contributed by atoms with Crippen molar-refractivity contribution in [2.75, 3.05) is 12.3 Å². The zero-order valence-electron chi connectivity index (χ0n) is 24.5. The topological polar surface area (TPSA) is 216 Å². The fraction of sp³-hybridized carbons (Fsp3) is 0.500. The van der Waals surface area contributed by atoms with Crippen LogP contribution in [0, 0.1) is 0 Å². The maximum absolute atomic E-state index is 12.6. The van der Waals surface area contributed by atoms with Crippen molar-refractivity contribution in [3.8, 4) is 0 Å². The van der Waals surface area contributed by atoms with Gasteiger partial charge >= 0.3 is 17.9 Å². The molecule has 12 nitrogen and oxygen atoms in total. The summed E-state index contributed by atoms with van der Waals surface area (Å²) >= 11 is 1.12. The number of carboxylic acids is 3. The van der Waals surface area contributed by atoms with E-state index < -0.39 is 59.7 Å². The molecule has 0 unspecified atom stereocenters. The monoisotopic (exact) mass is 623 g/mol. The summed E-state index contributed by atoms with van der Waals surface area (Å²) in [6, 6.07) is -2.45. The van der Waals surface area contributed by atoms with Gasteiger partial charge in [-0.2, -0.15) is 0 Å². The minimum Gasteiger partial charge on any atom is -0.481 e. The van der Waals surface area contributed by atoms with E-state index in [0.29, 0.717) is 0 Å². The number of nitrogens with two attached hydrogens (primary N) is 1. The number of hydrogen-bond donors (Lipinski definition) is 7. The summed E-state index contributed by atoms with van der Waals surface area (Å²) in [6.45, 7) is 1.40. The van der Waals surface area contributed by atoms with Crippen LogP contribution in [0.4, 0.5) is 0 Å². The lowest BCUT2D eigenvalue weighted by atomic mass is 10.1. The zero-order chi connectivity index (χ0) is 32.5. The van der Waals surface area contributed by atoms with Crippen molar-refractivity contribution in [1.82, 2.24) is 10.6 Å². The summed E-state index contributed by atoms with van der Waals surface area (Å²) in [7, 11) is 0. The Morgan fingerprint density at radius 1 is 0.837 bits per heavy atom. The lowest BCUT2D eigenvalue weighted by Gasteiger charge is -2.23. The molecule has 43 heavy (non-hydrogen) atoms. The van der Waals surface area contributed by atoms with E-state index in [-0.39, 0.29) is 37.9 Å². The van der Waals surface area contributed by atoms with Gasteiger partial charge in [0.15, 0.2) is 0 Å². The molecule has 0 saturated carbocycles. The largest absolute Gasteiger partial charge is 0.481 e. The van der Waals surface area contributed by atoms with Gasteiger partial charge in [-0.3, -0.25) is 24.0 Å². The molecule has 2 amide bonds. The fourth-order valence-corrected chi connectivity index (χ4v) is 4.56. The third-order valence-corrected chi connectivity index (χ3v) is 7.06. The highest BCUT2D eigenvalue weighted by Crippen LogP contribution is 2.22. The van der Waals surface area contributed by atoms with E-state index in [1.165, 1.54) is 0 Å². The average Bonchev–Trinajstić information content (AvgIpc) is 2.95. The highest BCUT2D eigenvalue weighted by atomic mass is 32.2. The van der Waals surface area contributed by atoms with Gasteiger partial charge in [0.2, 0.25) is 11.8 Å². The normalized spacial score (nSPS) is 14.9. The Bertz CT molecular complexity index is 1020. The molecule has 0 spiro atoms. The van der Waals surface area contributed by atoms with Crippen LogP contribution < -0.4 is 16.4 Å². The van der Waals surface area contributed by atoms with Crippen LogP contribution in [0.2, 0.25) is 0 Å². The quantitative estimate of drug-likeness (QED) is 0.0612. The maximum atomic E-state index is 12.6. The molecule has 0 bridgehead atoms. The van der Waals surface area contributed by atoms with Crippen molar-refractivity contribution in [3.05, 3.63) is 60.8 Å². The van der Waals surface area contributed by atoms with E-state index in [2.05, 4.69) is 41.9 Å². The van der Waals surface area contributed by atoms with Crippen molar-refractivity contribution in [2.45, 2.75) is 81.7 Å². The standard InChI is InChI=1S/C30H45N3O9S/c1-2-3-4-5-6-7-8-9-10-11-12-13-16-25(24(34)15-14-17-27(36)37)43-21-23(29(40)32-20-28(38)39)33-26(35)19-18-22(31)30(41)42/h3-4,6-7,9-13,16,22-25,34H,2,5,8,14-15,17-21,31H2,1H3,(H,32,40)(H,33,35)(H,36,37)(H,38,39)(H,41,42)/b4-3-,7-6-,10-9-,12-11+,16-13+/t22-,23+,24+,25-/m1/s1. The zero-order valence-corrected chi connectivity index (χ0v) is 25.3. The number of aliphatic hydroxyl groups excluding tert-OH is 1. The van der Waals surface area contributed by atoms with Crippen molar-refractivity contribution in [3.63, 3.8) is 0 Å². The first-order valence-corrected chi connectivity index (χ1v) is 15.1. The molecule has 0 aromatic carbocycles. The number of carboxylic acid groups (broad SMARTS) is 3. The first-order chi connectivity index (χ1) is 20.5. The summed E-state index contributed by atoms with van der Waals surface area (Å²) < 4.78 is 0. The van der Waals surface area contributed by atoms with E-state index in [1.54, 1.807) is 18.2 Å². The molecular formula is C30H45N3O9S. The van der Waals surface area contributed by atoms with Gasteiger partial charge in [-0.15, -0.1) is 11.8 Å². The van der Waals surface area contributed by atoms with Crippen molar-refractivity contribution >= 4 is 41.5 Å². The minimum absolute atomic E-state index is 0.0590. The van der Waals surface area contributed by atoms with Crippen LogP contribution >= 0.6 is 11.8 Å². The number of carbonyl (C=O) groups is 5. The molecule has 0 heterocycles. The predicted octanol–water partition coefficient (Wildman–Crippen LogP) is 2.55. The summed E-state index contributed by atoms with van der Waals surface area (Å²) in [4.78, 5) is 57.8. The molecule has 0 aliphatic rings. The van der Waals surface area contributed by atoms with E-state index in [0.717, 1.165) is 31.0 Å². The molecule has 0 aromatic heterocycles. The van der Waals surface area contributed by atoms with Gasteiger partial charge < -0.3 is 36.8 Å². The number of rotatable bonds is 24. The van der Waals surface area contributed by atoms with Gasteiger partial charge in [0.25, 0.3) is 0 Å². The smallest absolute Gasteiger partial charge is 0.322 e. The number of nitrogens with one attached hydrogen (secondary N) is 2. The van der Waals surface area contributed by atoms with Gasteiger partial charge in [0.1, 0.15) is 18.6 Å². The minimum atomic E-state index is -1.28. The number of allylic oxidation sites excluding steroid dienone is 9. The SMILES string of the molecule is CC/C=C\C/C=C\C\C=C/C=C/C=C/[C@@H](SC[C@H](NC(=O)CC[C@@H](N)C(=O)O)C(=O)NCC(=O)O)[C@@H](O)CCCC(=O)O. The maximum Gasteiger partial charge on any atom is 0.322 e. The molecule has 8 N–H and O–H groups in total. The molecule has 0 fully saturated rings. The Kier molecular flexibility index (Phi) is 22.7. The van der Waals surface area contributed by atoms with Crippen LogP contribution in [-0.2, 0) is 24.0 Å². The Hall–Kier alpha value is -3.68. The number of thioether (sulfide) groups is 1. The second-order valence-corrected chi connectivity index (χ2v) is 10.6. The third kappa shape index (κ3) is 22.6. The summed E-state index contributed by atoms with van der Waals surface area (Å²) in [5.74, 6) is -5.03. The van der Waals surface area contributed by atoms with Crippen molar-refractivity contribution in [2.24, 2.45) is 5.73 Å². The molecule has 0 saturated heterocycles. The lowest BCUT2D eigenvalue weighted by Crippen LogP contribution is -2.50. The van der Waals surface area contributed by atoms with Gasteiger partial charge in [-0.05, 0) is 38.5 Å². The van der Waals surface area contributed by atoms with E-state index in [1.807, 2.05) is 18.2 Å². The average molecular weight is 624 g/mol. The van der Waals surface area contributed by atoms with Crippen LogP contribution in [0.3, 0.4) is 0 Å². The highest BCUT2D eigenvalue weighted by Gasteiger charge is 2.25. The number of aliphatic carboxylic acids is 3. The second kappa shape index (κ2) is 24.9. The lowest BCUT2D eigenvalue weighted by molar-refractivity contribution is -0.139. The van der Waals surface area contributed by atoms with E-state index >= 15 is 0 Å². The van der Waals surface area contributed by atoms with Gasteiger partial charge in [-0.1, -0.05) is 67.7 Å². The van der Waals surface area contributed by atoms with Gasteiger partial charge in [0, 0.05) is 23.8 Å². The van der Waals surface area contributed by atoms with Crippen molar-refractivity contribution in [1.29, 1.82) is 0 Å². The van der Waals surface area contributed by atoms with Crippen LogP contribution in [0.1, 0.15) is 58.3 Å². The van der Waals surface area contributed by atoms with Crippen molar-refractivity contribution < 1.29 is 44.4 Å². The third-order valence-electron chi connectivity index (χ3n) is 5.67.